The van der Waals surface area contributed by atoms with Crippen molar-refractivity contribution in [2.24, 2.45) is 5.92 Å². The van der Waals surface area contributed by atoms with Gasteiger partial charge in [0.15, 0.2) is 0 Å². The van der Waals surface area contributed by atoms with Gasteiger partial charge in [-0.1, -0.05) is 12.8 Å². The number of amides is 1. The molecule has 0 aromatic carbocycles. The van der Waals surface area contributed by atoms with Crippen molar-refractivity contribution in [2.75, 3.05) is 13.7 Å². The predicted octanol–water partition coefficient (Wildman–Crippen LogP) is 0.123. The van der Waals surface area contributed by atoms with Gasteiger partial charge in [0.1, 0.15) is 0 Å². The quantitative estimate of drug-likeness (QED) is 0.675. The van der Waals surface area contributed by atoms with Gasteiger partial charge in [0, 0.05) is 19.7 Å². The maximum atomic E-state index is 12.1. The van der Waals surface area contributed by atoms with Crippen LogP contribution in [0.15, 0.2) is 0 Å². The van der Waals surface area contributed by atoms with E-state index in [0.717, 1.165) is 19.3 Å². The summed E-state index contributed by atoms with van der Waals surface area (Å²) < 4.78 is 5.20. The Bertz CT molecular complexity index is 348. The van der Waals surface area contributed by atoms with Gasteiger partial charge in [-0.3, -0.25) is 9.59 Å². The summed E-state index contributed by atoms with van der Waals surface area (Å²) in [5.74, 6) is -1.35. The van der Waals surface area contributed by atoms with Gasteiger partial charge in [0.25, 0.3) is 0 Å². The molecule has 108 valence electrons. The molecule has 4 unspecified atom stereocenters. The Balaban J connectivity index is 1.88. The summed E-state index contributed by atoms with van der Waals surface area (Å²) in [7, 11) is 1.63. The molecule has 6 nitrogen and oxygen atoms in total. The maximum absolute atomic E-state index is 12.1. The number of aliphatic carboxylic acids is 1. The van der Waals surface area contributed by atoms with Gasteiger partial charge in [-0.05, 0) is 19.3 Å². The predicted molar refractivity (Wildman–Crippen MR) is 68.7 cm³/mol. The Hall–Kier alpha value is -1.14. The first-order valence-electron chi connectivity index (χ1n) is 6.91. The second-order valence-corrected chi connectivity index (χ2v) is 5.40. The molecule has 0 bridgehead atoms. The number of nitrogens with one attached hydrogen (secondary N) is 2. The summed E-state index contributed by atoms with van der Waals surface area (Å²) in [6, 6.07) is -0.497. The minimum Gasteiger partial charge on any atom is -0.481 e. The molecule has 2 rings (SSSR count). The first-order valence-corrected chi connectivity index (χ1v) is 6.91. The number of carbonyl (C=O) groups is 2. The first-order chi connectivity index (χ1) is 9.11. The Labute approximate surface area is 112 Å². The normalized spacial score (nSPS) is 35.0. The fraction of sp³-hybridized carbons (Fsp3) is 0.846. The average molecular weight is 270 g/mol. The van der Waals surface area contributed by atoms with Crippen molar-refractivity contribution < 1.29 is 19.4 Å². The first kappa shape index (κ1) is 14.3. The van der Waals surface area contributed by atoms with Gasteiger partial charge in [-0.2, -0.15) is 0 Å². The maximum Gasteiger partial charge on any atom is 0.308 e. The van der Waals surface area contributed by atoms with Crippen LogP contribution in [-0.2, 0) is 14.3 Å². The van der Waals surface area contributed by atoms with E-state index in [1.165, 1.54) is 0 Å². The molecule has 3 N–H and O–H groups in total. The Kier molecular flexibility index (Phi) is 4.76. The van der Waals surface area contributed by atoms with Crippen LogP contribution in [0, 0.1) is 5.92 Å². The van der Waals surface area contributed by atoms with E-state index in [2.05, 4.69) is 10.6 Å². The SMILES string of the molecule is COC1CNC(C(=O)NC2CCCCC2C(=O)O)C1. The number of carbonyl (C=O) groups excluding carboxylic acids is 1. The molecule has 1 aliphatic heterocycles. The van der Waals surface area contributed by atoms with Crippen molar-refractivity contribution in [1.29, 1.82) is 0 Å². The molecule has 0 aromatic heterocycles. The third kappa shape index (κ3) is 3.45. The van der Waals surface area contributed by atoms with E-state index in [-0.39, 0.29) is 24.1 Å². The zero-order valence-electron chi connectivity index (χ0n) is 11.2. The fourth-order valence-electron chi connectivity index (χ4n) is 2.97. The number of rotatable bonds is 4. The lowest BCUT2D eigenvalue weighted by Crippen LogP contribution is -2.50. The standard InChI is InChI=1S/C13H22N2O4/c1-19-8-6-11(14-7-8)12(16)15-10-5-3-2-4-9(10)13(17)18/h8-11,14H,2-7H2,1H3,(H,15,16)(H,17,18). The van der Waals surface area contributed by atoms with Crippen LogP contribution >= 0.6 is 0 Å². The molecule has 0 spiro atoms. The minimum absolute atomic E-state index is 0.0670. The lowest BCUT2D eigenvalue weighted by atomic mass is 9.84. The van der Waals surface area contributed by atoms with E-state index in [4.69, 9.17) is 4.74 Å². The fourth-order valence-corrected chi connectivity index (χ4v) is 2.97. The zero-order valence-corrected chi connectivity index (χ0v) is 11.2. The summed E-state index contributed by atoms with van der Waals surface area (Å²) in [6.45, 7) is 0.668. The molecule has 19 heavy (non-hydrogen) atoms. The van der Waals surface area contributed by atoms with Crippen LogP contribution in [0.3, 0.4) is 0 Å². The van der Waals surface area contributed by atoms with Crippen LogP contribution in [0.25, 0.3) is 0 Å². The van der Waals surface area contributed by atoms with Crippen LogP contribution in [0.2, 0.25) is 0 Å². The van der Waals surface area contributed by atoms with Crippen molar-refractivity contribution in [3.05, 3.63) is 0 Å². The molecular weight excluding hydrogens is 248 g/mol. The van der Waals surface area contributed by atoms with Gasteiger partial charge < -0.3 is 20.5 Å². The summed E-state index contributed by atoms with van der Waals surface area (Å²) in [4.78, 5) is 23.3. The molecule has 1 aliphatic carbocycles. The minimum atomic E-state index is -0.806. The van der Waals surface area contributed by atoms with Crippen molar-refractivity contribution in [3.8, 4) is 0 Å². The molecule has 0 radical (unpaired) electrons. The van der Waals surface area contributed by atoms with E-state index in [9.17, 15) is 14.7 Å². The lowest BCUT2D eigenvalue weighted by molar-refractivity contribution is -0.144. The van der Waals surface area contributed by atoms with Crippen LogP contribution in [0.5, 0.6) is 0 Å². The van der Waals surface area contributed by atoms with Crippen molar-refractivity contribution in [3.63, 3.8) is 0 Å². The largest absolute Gasteiger partial charge is 0.481 e. The number of methoxy groups -OCH3 is 1. The topological polar surface area (TPSA) is 87.7 Å². The van der Waals surface area contributed by atoms with E-state index in [1.54, 1.807) is 7.11 Å². The third-order valence-electron chi connectivity index (χ3n) is 4.15. The molecule has 0 aromatic rings. The van der Waals surface area contributed by atoms with Crippen molar-refractivity contribution in [1.82, 2.24) is 10.6 Å². The summed E-state index contributed by atoms with van der Waals surface area (Å²) in [5.41, 5.74) is 0. The molecule has 6 heteroatoms. The van der Waals surface area contributed by atoms with Gasteiger partial charge >= 0.3 is 5.97 Å². The summed E-state index contributed by atoms with van der Waals surface area (Å²) >= 11 is 0. The zero-order chi connectivity index (χ0) is 13.8. The number of ether oxygens (including phenoxy) is 1. The van der Waals surface area contributed by atoms with E-state index in [0.29, 0.717) is 19.4 Å². The Morgan fingerprint density at radius 1 is 1.32 bits per heavy atom. The van der Waals surface area contributed by atoms with Crippen LogP contribution in [0.4, 0.5) is 0 Å². The number of carboxylic acids is 1. The Morgan fingerprint density at radius 3 is 2.68 bits per heavy atom. The second kappa shape index (κ2) is 6.34. The molecule has 1 amide bonds. The van der Waals surface area contributed by atoms with Crippen LogP contribution < -0.4 is 10.6 Å². The van der Waals surface area contributed by atoms with E-state index < -0.39 is 11.9 Å². The summed E-state index contributed by atoms with van der Waals surface area (Å²) in [6.07, 6.45) is 4.02. The molecular formula is C13H22N2O4. The number of hydrogen-bond acceptors (Lipinski definition) is 4. The molecule has 1 saturated carbocycles. The molecule has 2 aliphatic rings. The van der Waals surface area contributed by atoms with Gasteiger partial charge in [0.05, 0.1) is 18.1 Å². The highest BCUT2D eigenvalue weighted by Crippen LogP contribution is 2.25. The lowest BCUT2D eigenvalue weighted by Gasteiger charge is -2.30. The molecule has 1 saturated heterocycles. The highest BCUT2D eigenvalue weighted by Gasteiger charge is 2.35. The monoisotopic (exact) mass is 270 g/mol. The highest BCUT2D eigenvalue weighted by atomic mass is 16.5. The molecule has 1 heterocycles. The van der Waals surface area contributed by atoms with Crippen LogP contribution in [-0.4, -0.2) is 48.8 Å². The van der Waals surface area contributed by atoms with Crippen molar-refractivity contribution in [2.45, 2.75) is 50.3 Å². The third-order valence-corrected chi connectivity index (χ3v) is 4.15. The average Bonchev–Trinajstić information content (AvgIpc) is 2.88. The van der Waals surface area contributed by atoms with Gasteiger partial charge in [-0.25, -0.2) is 0 Å². The molecule has 2 fully saturated rings. The smallest absolute Gasteiger partial charge is 0.308 e. The van der Waals surface area contributed by atoms with E-state index >= 15 is 0 Å². The second-order valence-electron chi connectivity index (χ2n) is 5.40. The van der Waals surface area contributed by atoms with Gasteiger partial charge in [0.2, 0.25) is 5.91 Å². The highest BCUT2D eigenvalue weighted by molar-refractivity contribution is 5.83. The number of carboxylic acid groups (broad SMARTS) is 1. The number of hydrogen-bond donors (Lipinski definition) is 3. The van der Waals surface area contributed by atoms with E-state index in [1.807, 2.05) is 0 Å². The van der Waals surface area contributed by atoms with Gasteiger partial charge in [-0.15, -0.1) is 0 Å². The molecule has 4 atom stereocenters. The summed E-state index contributed by atoms with van der Waals surface area (Å²) in [5, 5.41) is 15.2. The Morgan fingerprint density at radius 2 is 2.05 bits per heavy atom. The van der Waals surface area contributed by atoms with Crippen LogP contribution in [0.1, 0.15) is 32.1 Å². The van der Waals surface area contributed by atoms with Crippen molar-refractivity contribution >= 4 is 11.9 Å².